The van der Waals surface area contributed by atoms with Crippen LogP contribution in [0.25, 0.3) is 0 Å². The van der Waals surface area contributed by atoms with Gasteiger partial charge in [0.15, 0.2) is 0 Å². The van der Waals surface area contributed by atoms with Crippen LogP contribution in [0.4, 0.5) is 5.69 Å². The summed E-state index contributed by atoms with van der Waals surface area (Å²) in [6, 6.07) is 8.35. The van der Waals surface area contributed by atoms with Crippen molar-refractivity contribution in [2.45, 2.75) is 31.6 Å². The first-order valence-electron chi connectivity index (χ1n) is 5.85. The Balaban J connectivity index is 1.98. The lowest BCUT2D eigenvalue weighted by molar-refractivity contribution is 0.333. The molecule has 2 heteroatoms. The minimum absolute atomic E-state index is 0.730. The summed E-state index contributed by atoms with van der Waals surface area (Å²) in [7, 11) is 0. The summed E-state index contributed by atoms with van der Waals surface area (Å²) in [4.78, 5) is 0. The lowest BCUT2D eigenvalue weighted by Crippen LogP contribution is -2.20. The molecular formula is C13H20N2. The van der Waals surface area contributed by atoms with Crippen molar-refractivity contribution in [2.75, 3.05) is 12.3 Å². The smallest absolute Gasteiger partial charge is 0.0314 e. The molecule has 0 aliphatic heterocycles. The number of hydrogen-bond donors (Lipinski definition) is 2. The monoisotopic (exact) mass is 204 g/mol. The highest BCUT2D eigenvalue weighted by Gasteiger charge is 2.21. The molecule has 0 unspecified atom stereocenters. The minimum Gasteiger partial charge on any atom is -0.399 e. The number of anilines is 1. The molecule has 1 saturated carbocycles. The average Bonchev–Trinajstić information content (AvgIpc) is 2.30. The Morgan fingerprint density at radius 2 is 1.60 bits per heavy atom. The summed E-state index contributed by atoms with van der Waals surface area (Å²) in [5.41, 5.74) is 13.7. The van der Waals surface area contributed by atoms with Crippen molar-refractivity contribution in [1.82, 2.24) is 0 Å². The maximum absolute atomic E-state index is 5.69. The van der Waals surface area contributed by atoms with Crippen LogP contribution in [-0.2, 0) is 0 Å². The fourth-order valence-electron chi connectivity index (χ4n) is 2.50. The van der Waals surface area contributed by atoms with E-state index in [-0.39, 0.29) is 0 Å². The number of rotatable bonds is 2. The molecule has 15 heavy (non-hydrogen) atoms. The first-order valence-corrected chi connectivity index (χ1v) is 5.85. The van der Waals surface area contributed by atoms with Crippen LogP contribution in [0.3, 0.4) is 0 Å². The fourth-order valence-corrected chi connectivity index (χ4v) is 2.50. The number of nitrogen functional groups attached to an aromatic ring is 1. The molecular weight excluding hydrogens is 184 g/mol. The number of hydrogen-bond acceptors (Lipinski definition) is 2. The van der Waals surface area contributed by atoms with Crippen LogP contribution in [0.1, 0.15) is 37.2 Å². The van der Waals surface area contributed by atoms with Crippen LogP contribution in [0.2, 0.25) is 0 Å². The quantitative estimate of drug-likeness (QED) is 0.727. The summed E-state index contributed by atoms with van der Waals surface area (Å²) in [6.45, 7) is 0.856. The van der Waals surface area contributed by atoms with Gasteiger partial charge in [-0.15, -0.1) is 0 Å². The normalized spacial score (nSPS) is 26.5. The summed E-state index contributed by atoms with van der Waals surface area (Å²) in [6.07, 6.45) is 5.13. The molecule has 82 valence electrons. The highest BCUT2D eigenvalue weighted by molar-refractivity contribution is 5.40. The van der Waals surface area contributed by atoms with Gasteiger partial charge in [0.1, 0.15) is 0 Å². The Bertz CT molecular complexity index is 297. The van der Waals surface area contributed by atoms with Gasteiger partial charge in [0, 0.05) is 5.69 Å². The van der Waals surface area contributed by atoms with Crippen LogP contribution in [-0.4, -0.2) is 6.54 Å². The largest absolute Gasteiger partial charge is 0.399 e. The Morgan fingerprint density at radius 3 is 2.13 bits per heavy atom. The zero-order valence-electron chi connectivity index (χ0n) is 9.15. The third-order valence-electron chi connectivity index (χ3n) is 3.59. The van der Waals surface area contributed by atoms with Crippen LogP contribution < -0.4 is 11.5 Å². The van der Waals surface area contributed by atoms with Gasteiger partial charge in [0.2, 0.25) is 0 Å². The lowest BCUT2D eigenvalue weighted by atomic mass is 9.79. The van der Waals surface area contributed by atoms with Crippen LogP contribution in [0.15, 0.2) is 24.3 Å². The lowest BCUT2D eigenvalue weighted by Gasteiger charge is -2.27. The molecule has 0 heterocycles. The predicted molar refractivity (Wildman–Crippen MR) is 64.6 cm³/mol. The zero-order chi connectivity index (χ0) is 10.7. The second-order valence-corrected chi connectivity index (χ2v) is 4.62. The molecule has 1 aromatic carbocycles. The molecule has 1 fully saturated rings. The number of nitrogens with two attached hydrogens (primary N) is 2. The Labute approximate surface area is 91.7 Å². The van der Waals surface area contributed by atoms with Gasteiger partial charge in [-0.2, -0.15) is 0 Å². The number of benzene rings is 1. The highest BCUT2D eigenvalue weighted by atomic mass is 14.6. The maximum atomic E-state index is 5.69. The van der Waals surface area contributed by atoms with Gasteiger partial charge in [-0.25, -0.2) is 0 Å². The predicted octanol–water partition coefficient (Wildman–Crippen LogP) is 2.50. The van der Waals surface area contributed by atoms with E-state index in [1.165, 1.54) is 31.2 Å². The van der Waals surface area contributed by atoms with E-state index in [0.29, 0.717) is 0 Å². The van der Waals surface area contributed by atoms with Crippen molar-refractivity contribution in [3.8, 4) is 0 Å². The Morgan fingerprint density at radius 1 is 1.00 bits per heavy atom. The van der Waals surface area contributed by atoms with E-state index < -0.39 is 0 Å². The van der Waals surface area contributed by atoms with E-state index in [1.807, 2.05) is 12.1 Å². The minimum atomic E-state index is 0.730. The van der Waals surface area contributed by atoms with E-state index in [2.05, 4.69) is 12.1 Å². The van der Waals surface area contributed by atoms with E-state index in [1.54, 1.807) is 0 Å². The molecule has 2 nitrogen and oxygen atoms in total. The van der Waals surface area contributed by atoms with Crippen molar-refractivity contribution >= 4 is 5.69 Å². The molecule has 0 amide bonds. The van der Waals surface area contributed by atoms with E-state index in [9.17, 15) is 0 Å². The van der Waals surface area contributed by atoms with Crippen molar-refractivity contribution in [3.05, 3.63) is 29.8 Å². The first kappa shape index (κ1) is 10.5. The van der Waals surface area contributed by atoms with Crippen LogP contribution in [0, 0.1) is 5.92 Å². The van der Waals surface area contributed by atoms with Gasteiger partial charge in [0.05, 0.1) is 0 Å². The summed E-state index contributed by atoms with van der Waals surface area (Å²) in [5, 5.41) is 0. The summed E-state index contributed by atoms with van der Waals surface area (Å²) >= 11 is 0. The Hall–Kier alpha value is -1.02. The standard InChI is InChI=1S/C13H20N2/c14-9-10-1-3-11(4-2-10)12-5-7-13(15)8-6-12/h5-8,10-11H,1-4,9,14-15H2. The van der Waals surface area contributed by atoms with E-state index in [4.69, 9.17) is 11.5 Å². The second-order valence-electron chi connectivity index (χ2n) is 4.62. The van der Waals surface area contributed by atoms with Gasteiger partial charge in [-0.1, -0.05) is 12.1 Å². The van der Waals surface area contributed by atoms with Crippen LogP contribution >= 0.6 is 0 Å². The Kier molecular flexibility index (Phi) is 3.27. The van der Waals surface area contributed by atoms with Crippen molar-refractivity contribution in [2.24, 2.45) is 11.7 Å². The fraction of sp³-hybridized carbons (Fsp3) is 0.538. The SMILES string of the molecule is NCC1CCC(c2ccc(N)cc2)CC1. The van der Waals surface area contributed by atoms with Crippen molar-refractivity contribution < 1.29 is 0 Å². The van der Waals surface area contributed by atoms with Crippen molar-refractivity contribution in [3.63, 3.8) is 0 Å². The molecule has 0 atom stereocenters. The van der Waals surface area contributed by atoms with Gasteiger partial charge in [-0.05, 0) is 61.8 Å². The second kappa shape index (κ2) is 4.67. The topological polar surface area (TPSA) is 52.0 Å². The first-order chi connectivity index (χ1) is 7.29. The van der Waals surface area contributed by atoms with Gasteiger partial charge >= 0.3 is 0 Å². The van der Waals surface area contributed by atoms with Gasteiger partial charge < -0.3 is 11.5 Å². The van der Waals surface area contributed by atoms with E-state index in [0.717, 1.165) is 24.1 Å². The molecule has 0 radical (unpaired) electrons. The zero-order valence-corrected chi connectivity index (χ0v) is 9.15. The molecule has 1 aliphatic carbocycles. The molecule has 0 bridgehead atoms. The van der Waals surface area contributed by atoms with Crippen LogP contribution in [0.5, 0.6) is 0 Å². The van der Waals surface area contributed by atoms with Crippen molar-refractivity contribution in [1.29, 1.82) is 0 Å². The third-order valence-corrected chi connectivity index (χ3v) is 3.59. The molecule has 4 N–H and O–H groups in total. The third kappa shape index (κ3) is 2.51. The molecule has 1 aromatic rings. The maximum Gasteiger partial charge on any atom is 0.0314 e. The molecule has 2 rings (SSSR count). The summed E-state index contributed by atoms with van der Waals surface area (Å²) < 4.78 is 0. The van der Waals surface area contributed by atoms with E-state index >= 15 is 0 Å². The van der Waals surface area contributed by atoms with Gasteiger partial charge in [0.25, 0.3) is 0 Å². The average molecular weight is 204 g/mol. The molecule has 0 spiro atoms. The van der Waals surface area contributed by atoms with Gasteiger partial charge in [-0.3, -0.25) is 0 Å². The molecule has 0 aromatic heterocycles. The molecule has 0 saturated heterocycles. The molecule has 1 aliphatic rings. The highest BCUT2D eigenvalue weighted by Crippen LogP contribution is 2.35. The summed E-state index contributed by atoms with van der Waals surface area (Å²) in [5.74, 6) is 1.49.